The lowest BCUT2D eigenvalue weighted by Crippen LogP contribution is -2.22. The van der Waals surface area contributed by atoms with Gasteiger partial charge in [-0.1, -0.05) is 224 Å². The summed E-state index contributed by atoms with van der Waals surface area (Å²) in [6.45, 7) is 2.39. The summed E-state index contributed by atoms with van der Waals surface area (Å²) in [4.78, 5) is 2.50. The molecule has 11 aromatic rings. The summed E-state index contributed by atoms with van der Waals surface area (Å²) in [5.41, 5.74) is 19.1. The SMILES string of the molecule is CC1(c2ccccc2)c2ccccc2-c2cc(N(c3ccccc3-c3ccccc3)c3ccccc3-c3ccc4c(c3)c(-c3ccccc3)c(-c3ccccc3)c3ccccc34)ccc21. The lowest BCUT2D eigenvalue weighted by Gasteiger charge is -2.31. The molecule has 0 saturated carbocycles. The van der Waals surface area contributed by atoms with Gasteiger partial charge < -0.3 is 4.90 Å². The molecule has 306 valence electrons. The zero-order valence-electron chi connectivity index (χ0n) is 36.2. The fourth-order valence-electron chi connectivity index (χ4n) is 10.7. The van der Waals surface area contributed by atoms with E-state index in [1.165, 1.54) is 82.7 Å². The number of fused-ring (bicyclic) bond motifs is 6. The van der Waals surface area contributed by atoms with Crippen molar-refractivity contribution in [1.82, 2.24) is 0 Å². The molecule has 0 heterocycles. The number of anilines is 3. The van der Waals surface area contributed by atoms with Crippen LogP contribution in [0.3, 0.4) is 0 Å². The van der Waals surface area contributed by atoms with Gasteiger partial charge in [-0.3, -0.25) is 0 Å². The second-order valence-corrected chi connectivity index (χ2v) is 17.3. The summed E-state index contributed by atoms with van der Waals surface area (Å²) in [7, 11) is 0. The second kappa shape index (κ2) is 15.8. The third-order valence-electron chi connectivity index (χ3n) is 13.7. The molecule has 0 N–H and O–H groups in total. The minimum absolute atomic E-state index is 0.291. The van der Waals surface area contributed by atoms with Crippen molar-refractivity contribution < 1.29 is 0 Å². The molecule has 0 aliphatic heterocycles. The first-order chi connectivity index (χ1) is 32.2. The highest BCUT2D eigenvalue weighted by atomic mass is 15.1. The van der Waals surface area contributed by atoms with Crippen LogP contribution in [-0.2, 0) is 5.41 Å². The molecular weight excluding hydrogens is 783 g/mol. The highest BCUT2D eigenvalue weighted by molar-refractivity contribution is 6.22. The zero-order chi connectivity index (χ0) is 43.3. The maximum Gasteiger partial charge on any atom is 0.0540 e. The van der Waals surface area contributed by atoms with Gasteiger partial charge in [0.1, 0.15) is 0 Å². The van der Waals surface area contributed by atoms with Crippen LogP contribution in [0.1, 0.15) is 23.6 Å². The first-order valence-corrected chi connectivity index (χ1v) is 22.6. The van der Waals surface area contributed by atoms with E-state index < -0.39 is 0 Å². The van der Waals surface area contributed by atoms with Crippen LogP contribution in [0.15, 0.2) is 255 Å². The van der Waals surface area contributed by atoms with E-state index >= 15 is 0 Å². The Kier molecular flexibility index (Phi) is 9.35. The van der Waals surface area contributed by atoms with Crippen molar-refractivity contribution in [2.45, 2.75) is 12.3 Å². The molecule has 11 aromatic carbocycles. The highest BCUT2D eigenvalue weighted by Crippen LogP contribution is 2.55. The van der Waals surface area contributed by atoms with E-state index in [-0.39, 0.29) is 5.41 Å². The summed E-state index contributed by atoms with van der Waals surface area (Å²) >= 11 is 0. The lowest BCUT2D eigenvalue weighted by atomic mass is 9.74. The van der Waals surface area contributed by atoms with Crippen molar-refractivity contribution in [3.05, 3.63) is 271 Å². The summed E-state index contributed by atoms with van der Waals surface area (Å²) in [6.07, 6.45) is 0. The minimum Gasteiger partial charge on any atom is -0.309 e. The van der Waals surface area contributed by atoms with Crippen molar-refractivity contribution in [2.75, 3.05) is 4.90 Å². The molecule has 1 atom stereocenters. The average Bonchev–Trinajstić information content (AvgIpc) is 3.65. The molecule has 0 bridgehead atoms. The lowest BCUT2D eigenvalue weighted by molar-refractivity contribution is 0.714. The number of hydrogen-bond acceptors (Lipinski definition) is 1. The predicted molar refractivity (Wildman–Crippen MR) is 275 cm³/mol. The quantitative estimate of drug-likeness (QED) is 0.138. The standard InChI is InChI=1S/C64H45N/c1-64(48-28-12-5-13-29-48)58-35-19-16-33-54(58)56-43-49(39-41-59(56)64)65(60-36-20-17-30-50(60)44-22-6-2-7-23-44)61-37-21-18-31-51(61)47-38-40-53-52-32-14-15-34-55(52)62(45-24-8-3-9-25-45)63(57(53)42-47)46-26-10-4-11-27-46/h2-43H,1H3. The van der Waals surface area contributed by atoms with Crippen LogP contribution in [0.4, 0.5) is 17.1 Å². The molecule has 1 unspecified atom stereocenters. The second-order valence-electron chi connectivity index (χ2n) is 17.3. The molecule has 1 nitrogen and oxygen atoms in total. The number of benzene rings is 11. The Hall–Kier alpha value is -8.26. The predicted octanol–water partition coefficient (Wildman–Crippen LogP) is 17.5. The Morgan fingerprint density at radius 2 is 0.754 bits per heavy atom. The van der Waals surface area contributed by atoms with E-state index in [0.717, 1.165) is 28.2 Å². The van der Waals surface area contributed by atoms with Crippen molar-refractivity contribution in [2.24, 2.45) is 0 Å². The zero-order valence-corrected chi connectivity index (χ0v) is 36.2. The van der Waals surface area contributed by atoms with Crippen LogP contribution in [0.25, 0.3) is 77.2 Å². The minimum atomic E-state index is -0.291. The normalized spacial score (nSPS) is 14.0. The number of hydrogen-bond donors (Lipinski definition) is 0. The van der Waals surface area contributed by atoms with E-state index in [2.05, 4.69) is 267 Å². The van der Waals surface area contributed by atoms with Crippen molar-refractivity contribution in [1.29, 1.82) is 0 Å². The first kappa shape index (κ1) is 38.4. The Bertz CT molecular complexity index is 3540. The number of para-hydroxylation sites is 2. The van der Waals surface area contributed by atoms with Gasteiger partial charge in [0, 0.05) is 22.2 Å². The molecule has 1 aliphatic rings. The van der Waals surface area contributed by atoms with Crippen LogP contribution < -0.4 is 4.90 Å². The topological polar surface area (TPSA) is 3.24 Å². The Morgan fingerprint density at radius 1 is 0.292 bits per heavy atom. The Labute approximate surface area is 381 Å². The average molecular weight is 828 g/mol. The number of nitrogens with zero attached hydrogens (tertiary/aromatic N) is 1. The monoisotopic (exact) mass is 827 g/mol. The third-order valence-corrected chi connectivity index (χ3v) is 13.7. The molecule has 1 heteroatoms. The number of rotatable bonds is 8. The van der Waals surface area contributed by atoms with E-state index in [9.17, 15) is 0 Å². The van der Waals surface area contributed by atoms with Crippen LogP contribution in [-0.4, -0.2) is 0 Å². The van der Waals surface area contributed by atoms with Crippen LogP contribution in [0, 0.1) is 0 Å². The Morgan fingerprint density at radius 3 is 1.40 bits per heavy atom. The maximum absolute atomic E-state index is 2.50. The first-order valence-electron chi connectivity index (χ1n) is 22.6. The van der Waals surface area contributed by atoms with Gasteiger partial charge in [0.05, 0.1) is 11.4 Å². The van der Waals surface area contributed by atoms with Crippen molar-refractivity contribution in [3.63, 3.8) is 0 Å². The maximum atomic E-state index is 2.50. The third kappa shape index (κ3) is 6.31. The van der Waals surface area contributed by atoms with Crippen LogP contribution in [0.2, 0.25) is 0 Å². The van der Waals surface area contributed by atoms with Gasteiger partial charge in [-0.05, 0) is 120 Å². The van der Waals surface area contributed by atoms with Crippen molar-refractivity contribution >= 4 is 38.6 Å². The molecular formula is C64H45N. The van der Waals surface area contributed by atoms with E-state index in [0.29, 0.717) is 0 Å². The molecule has 12 rings (SSSR count). The van der Waals surface area contributed by atoms with E-state index in [1.807, 2.05) is 0 Å². The van der Waals surface area contributed by atoms with Gasteiger partial charge in [0.15, 0.2) is 0 Å². The summed E-state index contributed by atoms with van der Waals surface area (Å²) < 4.78 is 0. The Balaban J connectivity index is 1.12. The molecule has 1 aliphatic carbocycles. The van der Waals surface area contributed by atoms with E-state index in [4.69, 9.17) is 0 Å². The van der Waals surface area contributed by atoms with Gasteiger partial charge in [-0.25, -0.2) is 0 Å². The molecule has 0 aromatic heterocycles. The molecule has 0 fully saturated rings. The molecule has 0 radical (unpaired) electrons. The fraction of sp³-hybridized carbons (Fsp3) is 0.0312. The van der Waals surface area contributed by atoms with Gasteiger partial charge >= 0.3 is 0 Å². The molecule has 0 amide bonds. The summed E-state index contributed by atoms with van der Waals surface area (Å²) in [5, 5.41) is 4.97. The van der Waals surface area contributed by atoms with Gasteiger partial charge in [0.2, 0.25) is 0 Å². The van der Waals surface area contributed by atoms with Crippen LogP contribution in [0.5, 0.6) is 0 Å². The summed E-state index contributed by atoms with van der Waals surface area (Å²) in [5.74, 6) is 0. The highest BCUT2D eigenvalue weighted by Gasteiger charge is 2.41. The van der Waals surface area contributed by atoms with Crippen LogP contribution >= 0.6 is 0 Å². The summed E-state index contributed by atoms with van der Waals surface area (Å²) in [6, 6.07) is 93.6. The largest absolute Gasteiger partial charge is 0.309 e. The van der Waals surface area contributed by atoms with Gasteiger partial charge in [0.25, 0.3) is 0 Å². The van der Waals surface area contributed by atoms with Gasteiger partial charge in [-0.2, -0.15) is 0 Å². The smallest absolute Gasteiger partial charge is 0.0540 e. The van der Waals surface area contributed by atoms with Crippen molar-refractivity contribution in [3.8, 4) is 55.6 Å². The fourth-order valence-corrected chi connectivity index (χ4v) is 10.7. The van der Waals surface area contributed by atoms with E-state index in [1.54, 1.807) is 0 Å². The molecule has 0 spiro atoms. The molecule has 65 heavy (non-hydrogen) atoms. The van der Waals surface area contributed by atoms with Gasteiger partial charge in [-0.15, -0.1) is 0 Å². The molecule has 0 saturated heterocycles.